The van der Waals surface area contributed by atoms with Gasteiger partial charge in [-0.15, -0.1) is 0 Å². The summed E-state index contributed by atoms with van der Waals surface area (Å²) < 4.78 is 4.77. The molecule has 0 spiro atoms. The van der Waals surface area contributed by atoms with Crippen LogP contribution in [0.3, 0.4) is 0 Å². The van der Waals surface area contributed by atoms with Gasteiger partial charge in [0, 0.05) is 0 Å². The lowest BCUT2D eigenvalue weighted by molar-refractivity contribution is -0.151. The molecule has 0 aromatic heterocycles. The average molecular weight is 214 g/mol. The molecule has 0 rings (SSSR count). The lowest BCUT2D eigenvalue weighted by atomic mass is 9.87. The van der Waals surface area contributed by atoms with Crippen LogP contribution in [0.1, 0.15) is 65.7 Å². The smallest absolute Gasteiger partial charge is 0.311 e. The first-order chi connectivity index (χ1) is 7.04. The topological polar surface area (TPSA) is 26.3 Å². The van der Waals surface area contributed by atoms with Gasteiger partial charge in [0.25, 0.3) is 0 Å². The molecule has 2 heteroatoms. The molecule has 0 aliphatic heterocycles. The van der Waals surface area contributed by atoms with Gasteiger partial charge in [-0.3, -0.25) is 4.79 Å². The van der Waals surface area contributed by atoms with Crippen molar-refractivity contribution in [2.45, 2.75) is 65.7 Å². The fraction of sp³-hybridized carbons (Fsp3) is 0.923. The third-order valence-corrected chi connectivity index (χ3v) is 2.89. The molecule has 0 saturated carbocycles. The molecular formula is C13H26O2. The predicted octanol–water partition coefficient (Wildman–Crippen LogP) is 3.94. The van der Waals surface area contributed by atoms with Crippen LogP contribution in [0.5, 0.6) is 0 Å². The van der Waals surface area contributed by atoms with Gasteiger partial charge in [0.15, 0.2) is 0 Å². The van der Waals surface area contributed by atoms with Gasteiger partial charge in [-0.25, -0.2) is 0 Å². The first kappa shape index (κ1) is 14.5. The van der Waals surface area contributed by atoms with Crippen LogP contribution in [0.25, 0.3) is 0 Å². The fourth-order valence-corrected chi connectivity index (χ4v) is 1.73. The molecule has 0 saturated heterocycles. The van der Waals surface area contributed by atoms with Crippen LogP contribution in [-0.4, -0.2) is 13.1 Å². The van der Waals surface area contributed by atoms with Crippen LogP contribution >= 0.6 is 0 Å². The van der Waals surface area contributed by atoms with Gasteiger partial charge in [-0.05, 0) is 20.3 Å². The van der Waals surface area contributed by atoms with Crippen LogP contribution in [0.4, 0.5) is 0 Å². The zero-order valence-electron chi connectivity index (χ0n) is 10.8. The fourth-order valence-electron chi connectivity index (χ4n) is 1.73. The first-order valence-electron chi connectivity index (χ1n) is 6.13. The van der Waals surface area contributed by atoms with Gasteiger partial charge in [-0.2, -0.15) is 0 Å². The minimum atomic E-state index is -0.306. The molecular weight excluding hydrogens is 188 g/mol. The lowest BCUT2D eigenvalue weighted by Crippen LogP contribution is -2.25. The van der Waals surface area contributed by atoms with Crippen LogP contribution in [0.2, 0.25) is 0 Å². The number of esters is 1. The third-order valence-electron chi connectivity index (χ3n) is 2.89. The van der Waals surface area contributed by atoms with Gasteiger partial charge < -0.3 is 4.74 Å². The zero-order valence-corrected chi connectivity index (χ0v) is 10.8. The van der Waals surface area contributed by atoms with E-state index < -0.39 is 0 Å². The Morgan fingerprint density at radius 2 is 1.60 bits per heavy atom. The van der Waals surface area contributed by atoms with E-state index in [0.717, 1.165) is 12.8 Å². The highest BCUT2D eigenvalue weighted by atomic mass is 16.5. The number of ether oxygens (including phenoxy) is 1. The summed E-state index contributed by atoms with van der Waals surface area (Å²) >= 11 is 0. The van der Waals surface area contributed by atoms with E-state index in [2.05, 4.69) is 6.92 Å². The standard InChI is InChI=1S/C13H26O2/c1-5-6-7-8-9-10-11-13(2,3)12(14)15-4/h5-11H2,1-4H3. The largest absolute Gasteiger partial charge is 0.469 e. The number of hydrogen-bond acceptors (Lipinski definition) is 2. The summed E-state index contributed by atoms with van der Waals surface area (Å²) in [6, 6.07) is 0. The monoisotopic (exact) mass is 214 g/mol. The molecule has 90 valence electrons. The Kier molecular flexibility index (Phi) is 7.45. The minimum absolute atomic E-state index is 0.0870. The first-order valence-corrected chi connectivity index (χ1v) is 6.13. The van der Waals surface area contributed by atoms with Crippen molar-refractivity contribution in [3.8, 4) is 0 Å². The second kappa shape index (κ2) is 7.72. The van der Waals surface area contributed by atoms with Crippen molar-refractivity contribution in [2.75, 3.05) is 7.11 Å². The Balaban J connectivity index is 3.53. The maximum absolute atomic E-state index is 11.4. The summed E-state index contributed by atoms with van der Waals surface area (Å²) in [4.78, 5) is 11.4. The minimum Gasteiger partial charge on any atom is -0.469 e. The van der Waals surface area contributed by atoms with E-state index in [9.17, 15) is 4.79 Å². The molecule has 0 heterocycles. The van der Waals surface area contributed by atoms with Gasteiger partial charge in [0.2, 0.25) is 0 Å². The molecule has 0 atom stereocenters. The summed E-state index contributed by atoms with van der Waals surface area (Å²) in [5.41, 5.74) is -0.306. The molecule has 15 heavy (non-hydrogen) atoms. The number of rotatable bonds is 8. The van der Waals surface area contributed by atoms with Gasteiger partial charge in [0.1, 0.15) is 0 Å². The van der Waals surface area contributed by atoms with Crippen LogP contribution in [0.15, 0.2) is 0 Å². The third kappa shape index (κ3) is 6.53. The zero-order chi connectivity index (χ0) is 11.7. The highest BCUT2D eigenvalue weighted by Crippen LogP contribution is 2.25. The maximum Gasteiger partial charge on any atom is 0.311 e. The summed E-state index contributed by atoms with van der Waals surface area (Å²) in [5.74, 6) is -0.0870. The Bertz CT molecular complexity index is 173. The summed E-state index contributed by atoms with van der Waals surface area (Å²) in [6.07, 6.45) is 8.55. The summed E-state index contributed by atoms with van der Waals surface area (Å²) in [7, 11) is 1.46. The Hall–Kier alpha value is -0.530. The molecule has 0 unspecified atom stereocenters. The van der Waals surface area contributed by atoms with Crippen molar-refractivity contribution in [2.24, 2.45) is 5.41 Å². The SMILES string of the molecule is CCCCCCCCC(C)(C)C(=O)OC. The van der Waals surface area contributed by atoms with E-state index in [1.807, 2.05) is 13.8 Å². The average Bonchev–Trinajstić information content (AvgIpc) is 2.22. The number of methoxy groups -OCH3 is 1. The normalized spacial score (nSPS) is 11.5. The molecule has 0 aliphatic rings. The molecule has 0 bridgehead atoms. The van der Waals surface area contributed by atoms with E-state index >= 15 is 0 Å². The number of hydrogen-bond donors (Lipinski definition) is 0. The van der Waals surface area contributed by atoms with E-state index in [0.29, 0.717) is 0 Å². The molecule has 0 aromatic rings. The molecule has 0 aromatic carbocycles. The Morgan fingerprint density at radius 3 is 2.13 bits per heavy atom. The van der Waals surface area contributed by atoms with Crippen molar-refractivity contribution in [1.29, 1.82) is 0 Å². The Morgan fingerprint density at radius 1 is 1.07 bits per heavy atom. The number of unbranched alkanes of at least 4 members (excludes halogenated alkanes) is 5. The number of carbonyl (C=O) groups is 1. The van der Waals surface area contributed by atoms with Crippen molar-refractivity contribution >= 4 is 5.97 Å². The maximum atomic E-state index is 11.4. The van der Waals surface area contributed by atoms with Crippen LogP contribution < -0.4 is 0 Å². The lowest BCUT2D eigenvalue weighted by Gasteiger charge is -2.20. The molecule has 2 nitrogen and oxygen atoms in total. The molecule has 0 amide bonds. The van der Waals surface area contributed by atoms with Crippen molar-refractivity contribution in [3.63, 3.8) is 0 Å². The summed E-state index contributed by atoms with van der Waals surface area (Å²) in [5, 5.41) is 0. The predicted molar refractivity (Wildman–Crippen MR) is 63.8 cm³/mol. The van der Waals surface area contributed by atoms with Crippen molar-refractivity contribution in [3.05, 3.63) is 0 Å². The van der Waals surface area contributed by atoms with Crippen molar-refractivity contribution < 1.29 is 9.53 Å². The second-order valence-corrected chi connectivity index (χ2v) is 4.89. The van der Waals surface area contributed by atoms with E-state index in [-0.39, 0.29) is 11.4 Å². The molecule has 0 radical (unpaired) electrons. The van der Waals surface area contributed by atoms with Crippen LogP contribution in [-0.2, 0) is 9.53 Å². The Labute approximate surface area is 94.4 Å². The van der Waals surface area contributed by atoms with E-state index in [1.54, 1.807) is 0 Å². The molecule has 0 fully saturated rings. The molecule has 0 N–H and O–H groups in total. The molecule has 0 aliphatic carbocycles. The highest BCUT2D eigenvalue weighted by Gasteiger charge is 2.27. The quantitative estimate of drug-likeness (QED) is 0.452. The van der Waals surface area contributed by atoms with Gasteiger partial charge in [0.05, 0.1) is 12.5 Å². The van der Waals surface area contributed by atoms with E-state index in [4.69, 9.17) is 4.74 Å². The van der Waals surface area contributed by atoms with Crippen molar-refractivity contribution in [1.82, 2.24) is 0 Å². The van der Waals surface area contributed by atoms with Gasteiger partial charge >= 0.3 is 5.97 Å². The highest BCUT2D eigenvalue weighted by molar-refractivity contribution is 5.75. The summed E-state index contributed by atoms with van der Waals surface area (Å²) in [6.45, 7) is 6.15. The van der Waals surface area contributed by atoms with Gasteiger partial charge in [-0.1, -0.05) is 45.4 Å². The van der Waals surface area contributed by atoms with Crippen LogP contribution in [0, 0.1) is 5.41 Å². The van der Waals surface area contributed by atoms with E-state index in [1.165, 1.54) is 39.2 Å². The number of carbonyl (C=O) groups excluding carboxylic acids is 1. The second-order valence-electron chi connectivity index (χ2n) is 4.89.